The van der Waals surface area contributed by atoms with Gasteiger partial charge >= 0.3 is 11.7 Å². The molecule has 1 aromatic heterocycles. The van der Waals surface area contributed by atoms with Gasteiger partial charge in [-0.2, -0.15) is 4.98 Å². The number of nitrogens with zero attached hydrogens (tertiary/aromatic N) is 3. The van der Waals surface area contributed by atoms with Crippen molar-refractivity contribution in [2.45, 2.75) is 13.3 Å². The number of methoxy groups -OCH3 is 1. The summed E-state index contributed by atoms with van der Waals surface area (Å²) < 4.78 is 16.0. The Balaban J connectivity index is 2.74. The average molecular weight is 287 g/mol. The van der Waals surface area contributed by atoms with E-state index in [0.717, 1.165) is 4.57 Å². The van der Waals surface area contributed by atoms with Crippen LogP contribution in [0, 0.1) is 0 Å². The highest BCUT2D eigenvalue weighted by molar-refractivity contribution is 5.65. The van der Waals surface area contributed by atoms with E-state index in [9.17, 15) is 9.59 Å². The van der Waals surface area contributed by atoms with Crippen LogP contribution in [0.2, 0.25) is 0 Å². The average Bonchev–Trinajstić information content (AvgIpc) is 2.37. The Morgan fingerprint density at radius 3 is 2.90 bits per heavy atom. The van der Waals surface area contributed by atoms with Crippen molar-refractivity contribution in [2.75, 3.05) is 32.8 Å². The van der Waals surface area contributed by atoms with Gasteiger partial charge in [-0.05, 0) is 0 Å². The highest BCUT2D eigenvalue weighted by Gasteiger charge is 2.14. The molecule has 20 heavy (non-hydrogen) atoms. The molecule has 1 atom stereocenters. The van der Waals surface area contributed by atoms with Crippen LogP contribution in [0.25, 0.3) is 0 Å². The molecule has 1 unspecified atom stereocenters. The van der Waals surface area contributed by atoms with Crippen molar-refractivity contribution in [2.24, 2.45) is 0 Å². The first kappa shape index (κ1) is 16.0. The van der Waals surface area contributed by atoms with Gasteiger partial charge in [0.05, 0.1) is 13.2 Å². The minimum absolute atomic E-state index is 0.135. The van der Waals surface area contributed by atoms with Gasteiger partial charge in [-0.15, -0.1) is 0 Å². The van der Waals surface area contributed by atoms with E-state index in [1.807, 2.05) is 0 Å². The maximum absolute atomic E-state index is 11.7. The van der Waals surface area contributed by atoms with E-state index in [1.54, 1.807) is 0 Å². The van der Waals surface area contributed by atoms with Crippen LogP contribution >= 0.6 is 0 Å². The number of nitrogen functional groups attached to an aromatic ring is 1. The molecule has 1 heterocycles. The Labute approximate surface area is 114 Å². The molecule has 1 rings (SSSR count). The lowest BCUT2D eigenvalue weighted by Crippen LogP contribution is -2.39. The van der Waals surface area contributed by atoms with Gasteiger partial charge in [0.1, 0.15) is 13.1 Å². The maximum atomic E-state index is 11.7. The summed E-state index contributed by atoms with van der Waals surface area (Å²) in [6, 6.07) is 0. The Bertz CT molecular complexity index is 491. The van der Waals surface area contributed by atoms with Crippen molar-refractivity contribution < 1.29 is 19.0 Å². The molecule has 3 N–H and O–H groups in total. The van der Waals surface area contributed by atoms with Crippen LogP contribution in [0.15, 0.2) is 11.1 Å². The quantitative estimate of drug-likeness (QED) is 0.331. The summed E-state index contributed by atoms with van der Waals surface area (Å²) in [6.45, 7) is 1.67. The van der Waals surface area contributed by atoms with Gasteiger partial charge in [0.2, 0.25) is 5.95 Å². The van der Waals surface area contributed by atoms with Gasteiger partial charge < -0.3 is 19.9 Å². The third-order valence-corrected chi connectivity index (χ3v) is 2.09. The SMILES string of the molecule is COCCOC(NCOC(C)=O)n1cnc(N)nc1=O. The predicted octanol–water partition coefficient (Wildman–Crippen LogP) is -1.55. The molecule has 0 radical (unpaired) electrons. The van der Waals surface area contributed by atoms with Gasteiger partial charge in [0, 0.05) is 14.0 Å². The first-order valence-corrected chi connectivity index (χ1v) is 5.72. The molecule has 1 aromatic rings. The fourth-order valence-electron chi connectivity index (χ4n) is 1.21. The number of carbonyl (C=O) groups is 1. The van der Waals surface area contributed by atoms with Crippen LogP contribution in [0.4, 0.5) is 5.95 Å². The molecular weight excluding hydrogens is 270 g/mol. The molecule has 0 aliphatic rings. The number of hydrogen-bond donors (Lipinski definition) is 2. The first-order chi connectivity index (χ1) is 9.54. The maximum Gasteiger partial charge on any atom is 0.355 e. The third-order valence-electron chi connectivity index (χ3n) is 2.09. The van der Waals surface area contributed by atoms with Crippen molar-refractivity contribution in [3.8, 4) is 0 Å². The summed E-state index contributed by atoms with van der Waals surface area (Å²) in [5.41, 5.74) is 4.66. The number of nitrogens with one attached hydrogen (secondary N) is 1. The zero-order valence-electron chi connectivity index (χ0n) is 11.2. The molecule has 10 nitrogen and oxygen atoms in total. The van der Waals surface area contributed by atoms with Crippen LogP contribution in [-0.2, 0) is 19.0 Å². The zero-order chi connectivity index (χ0) is 15.0. The number of hydrogen-bond acceptors (Lipinski definition) is 9. The van der Waals surface area contributed by atoms with Crippen LogP contribution in [-0.4, -0.2) is 47.6 Å². The van der Waals surface area contributed by atoms with E-state index in [-0.39, 0.29) is 19.3 Å². The Morgan fingerprint density at radius 1 is 1.55 bits per heavy atom. The van der Waals surface area contributed by atoms with Crippen LogP contribution < -0.4 is 16.7 Å². The highest BCUT2D eigenvalue weighted by atomic mass is 16.6. The second-order valence-electron chi connectivity index (χ2n) is 3.60. The molecular formula is C10H17N5O5. The smallest absolute Gasteiger partial charge is 0.355 e. The normalized spacial score (nSPS) is 12.1. The van der Waals surface area contributed by atoms with E-state index in [2.05, 4.69) is 15.3 Å². The summed E-state index contributed by atoms with van der Waals surface area (Å²) in [5.74, 6) is -0.601. The van der Waals surface area contributed by atoms with E-state index >= 15 is 0 Å². The van der Waals surface area contributed by atoms with Crippen molar-refractivity contribution in [1.29, 1.82) is 0 Å². The van der Waals surface area contributed by atoms with E-state index in [4.69, 9.17) is 19.9 Å². The molecule has 0 spiro atoms. The number of nitrogens with two attached hydrogens (primary N) is 1. The van der Waals surface area contributed by atoms with Gasteiger partial charge in [0.25, 0.3) is 0 Å². The monoisotopic (exact) mass is 287 g/mol. The van der Waals surface area contributed by atoms with Crippen LogP contribution in [0.5, 0.6) is 0 Å². The lowest BCUT2D eigenvalue weighted by Gasteiger charge is -2.20. The van der Waals surface area contributed by atoms with E-state index in [0.29, 0.717) is 6.61 Å². The largest absolute Gasteiger partial charge is 0.450 e. The molecule has 0 saturated heterocycles. The van der Waals surface area contributed by atoms with Crippen molar-refractivity contribution in [3.05, 3.63) is 16.8 Å². The van der Waals surface area contributed by atoms with Crippen molar-refractivity contribution in [3.63, 3.8) is 0 Å². The third kappa shape index (κ3) is 5.30. The summed E-state index contributed by atoms with van der Waals surface area (Å²) >= 11 is 0. The number of aromatic nitrogens is 3. The molecule has 0 bridgehead atoms. The number of anilines is 1. The van der Waals surface area contributed by atoms with Crippen LogP contribution in [0.1, 0.15) is 13.3 Å². The highest BCUT2D eigenvalue weighted by Crippen LogP contribution is 2.00. The molecule has 10 heteroatoms. The Hall–Kier alpha value is -2.04. The molecule has 0 aromatic carbocycles. The predicted molar refractivity (Wildman–Crippen MR) is 67.3 cm³/mol. The van der Waals surface area contributed by atoms with Gasteiger partial charge in [-0.3, -0.25) is 4.79 Å². The zero-order valence-corrected chi connectivity index (χ0v) is 11.2. The molecule has 0 aliphatic heterocycles. The van der Waals surface area contributed by atoms with Gasteiger partial charge in [0.15, 0.2) is 6.35 Å². The molecule has 0 amide bonds. The number of esters is 1. The van der Waals surface area contributed by atoms with Crippen LogP contribution in [0.3, 0.4) is 0 Å². The second kappa shape index (κ2) is 8.19. The Morgan fingerprint density at radius 2 is 2.30 bits per heavy atom. The van der Waals surface area contributed by atoms with E-state index in [1.165, 1.54) is 20.4 Å². The first-order valence-electron chi connectivity index (χ1n) is 5.72. The van der Waals surface area contributed by atoms with Crippen molar-refractivity contribution >= 4 is 11.9 Å². The molecule has 0 aliphatic carbocycles. The van der Waals surface area contributed by atoms with Gasteiger partial charge in [-0.1, -0.05) is 0 Å². The summed E-state index contributed by atoms with van der Waals surface area (Å²) in [5, 5.41) is 2.71. The topological polar surface area (TPSA) is 131 Å². The standard InChI is InChI=1S/C10H17N5O5/c1-7(16)20-6-13-10(19-4-3-18-2)15-5-12-8(11)14-9(15)17/h5,10,13H,3-4,6H2,1-2H3,(H2,11,14,17). The van der Waals surface area contributed by atoms with Crippen molar-refractivity contribution in [1.82, 2.24) is 19.9 Å². The molecule has 0 saturated carbocycles. The number of ether oxygens (including phenoxy) is 3. The minimum atomic E-state index is -0.905. The van der Waals surface area contributed by atoms with E-state index < -0.39 is 18.0 Å². The summed E-state index contributed by atoms with van der Waals surface area (Å²) in [7, 11) is 1.52. The number of rotatable bonds is 8. The lowest BCUT2D eigenvalue weighted by atomic mass is 10.7. The minimum Gasteiger partial charge on any atom is -0.450 e. The molecule has 112 valence electrons. The molecule has 0 fully saturated rings. The Kier molecular flexibility index (Phi) is 6.56. The number of carbonyl (C=O) groups excluding carboxylic acids is 1. The lowest BCUT2D eigenvalue weighted by molar-refractivity contribution is -0.144. The fraction of sp³-hybridized carbons (Fsp3) is 0.600. The fourth-order valence-corrected chi connectivity index (χ4v) is 1.21. The summed E-state index contributed by atoms with van der Waals surface area (Å²) in [4.78, 5) is 29.6. The second-order valence-corrected chi connectivity index (χ2v) is 3.60. The summed E-state index contributed by atoms with van der Waals surface area (Å²) in [6.07, 6.45) is 0.278. The van der Waals surface area contributed by atoms with Gasteiger partial charge in [-0.25, -0.2) is 19.7 Å².